The lowest BCUT2D eigenvalue weighted by Gasteiger charge is -2.32. The van der Waals surface area contributed by atoms with Crippen LogP contribution in [0.4, 0.5) is 0 Å². The Morgan fingerprint density at radius 3 is 2.60 bits per heavy atom. The van der Waals surface area contributed by atoms with E-state index in [0.29, 0.717) is 5.41 Å². The van der Waals surface area contributed by atoms with Crippen molar-refractivity contribution in [2.45, 2.75) is 32.9 Å². The monoisotopic (exact) mass is 274 g/mol. The van der Waals surface area contributed by atoms with Gasteiger partial charge in [-0.25, -0.2) is 0 Å². The molecule has 0 spiro atoms. The van der Waals surface area contributed by atoms with Gasteiger partial charge in [-0.1, -0.05) is 31.2 Å². The lowest BCUT2D eigenvalue weighted by molar-refractivity contribution is 0.107. The van der Waals surface area contributed by atoms with Gasteiger partial charge in [0.1, 0.15) is 0 Å². The van der Waals surface area contributed by atoms with Crippen molar-refractivity contribution in [1.82, 2.24) is 10.2 Å². The van der Waals surface area contributed by atoms with Crippen LogP contribution in [0.3, 0.4) is 0 Å². The molecule has 1 aromatic rings. The number of fused-ring (bicyclic) bond motifs is 1. The number of rotatable bonds is 6. The van der Waals surface area contributed by atoms with E-state index in [2.05, 4.69) is 41.4 Å². The lowest BCUT2D eigenvalue weighted by atomic mass is 9.86. The van der Waals surface area contributed by atoms with E-state index in [4.69, 9.17) is 4.74 Å². The molecule has 3 heteroatoms. The first-order chi connectivity index (χ1) is 9.81. The molecule has 2 aliphatic rings. The SMILES string of the molecule is CCCNCC1(CN2Cc3ccccc3C2)CCOC1. The minimum absolute atomic E-state index is 0.317. The molecule has 20 heavy (non-hydrogen) atoms. The Morgan fingerprint density at radius 1 is 1.25 bits per heavy atom. The highest BCUT2D eigenvalue weighted by atomic mass is 16.5. The third-order valence-electron chi connectivity index (χ3n) is 4.58. The molecule has 0 bridgehead atoms. The summed E-state index contributed by atoms with van der Waals surface area (Å²) >= 11 is 0. The summed E-state index contributed by atoms with van der Waals surface area (Å²) < 4.78 is 5.71. The van der Waals surface area contributed by atoms with Gasteiger partial charge in [-0.05, 0) is 30.5 Å². The first-order valence-corrected chi connectivity index (χ1v) is 7.89. The Morgan fingerprint density at radius 2 is 2.00 bits per heavy atom. The predicted molar refractivity (Wildman–Crippen MR) is 81.6 cm³/mol. The standard InChI is InChI=1S/C17H26N2O/c1-2-8-18-12-17(7-9-20-14-17)13-19-10-15-5-3-4-6-16(15)11-19/h3-6,18H,2,7-14H2,1H3. The molecular weight excluding hydrogens is 248 g/mol. The maximum Gasteiger partial charge on any atom is 0.0547 e. The van der Waals surface area contributed by atoms with Crippen LogP contribution in [0.25, 0.3) is 0 Å². The zero-order valence-corrected chi connectivity index (χ0v) is 12.5. The van der Waals surface area contributed by atoms with E-state index in [9.17, 15) is 0 Å². The molecule has 0 radical (unpaired) electrons. The number of benzene rings is 1. The Bertz CT molecular complexity index is 415. The fourth-order valence-electron chi connectivity index (χ4n) is 3.49. The van der Waals surface area contributed by atoms with E-state index in [-0.39, 0.29) is 0 Å². The molecule has 1 fully saturated rings. The van der Waals surface area contributed by atoms with E-state index in [0.717, 1.165) is 45.9 Å². The molecule has 0 aliphatic carbocycles. The van der Waals surface area contributed by atoms with E-state index >= 15 is 0 Å². The summed E-state index contributed by atoms with van der Waals surface area (Å²) in [6.07, 6.45) is 2.39. The van der Waals surface area contributed by atoms with Crippen molar-refractivity contribution in [3.05, 3.63) is 35.4 Å². The van der Waals surface area contributed by atoms with Gasteiger partial charge in [-0.3, -0.25) is 4.90 Å². The summed E-state index contributed by atoms with van der Waals surface area (Å²) in [5.74, 6) is 0. The van der Waals surface area contributed by atoms with Crippen molar-refractivity contribution >= 4 is 0 Å². The molecule has 1 N–H and O–H groups in total. The summed E-state index contributed by atoms with van der Waals surface area (Å²) in [6, 6.07) is 8.84. The average Bonchev–Trinajstić information content (AvgIpc) is 3.06. The van der Waals surface area contributed by atoms with E-state index in [1.807, 2.05) is 0 Å². The maximum atomic E-state index is 5.71. The summed E-state index contributed by atoms with van der Waals surface area (Å²) in [6.45, 7) is 9.62. The third kappa shape index (κ3) is 3.05. The van der Waals surface area contributed by atoms with Crippen molar-refractivity contribution in [2.75, 3.05) is 32.8 Å². The normalized spacial score (nSPS) is 26.1. The molecule has 0 saturated carbocycles. The Hall–Kier alpha value is -0.900. The molecule has 0 amide bonds. The van der Waals surface area contributed by atoms with Crippen molar-refractivity contribution in [1.29, 1.82) is 0 Å². The van der Waals surface area contributed by atoms with Crippen LogP contribution in [0.5, 0.6) is 0 Å². The van der Waals surface area contributed by atoms with Crippen LogP contribution >= 0.6 is 0 Å². The van der Waals surface area contributed by atoms with Crippen LogP contribution in [-0.2, 0) is 17.8 Å². The second kappa shape index (κ2) is 6.25. The maximum absolute atomic E-state index is 5.71. The predicted octanol–water partition coefficient (Wildman–Crippen LogP) is 2.41. The van der Waals surface area contributed by atoms with Crippen molar-refractivity contribution in [3.8, 4) is 0 Å². The number of hydrogen-bond donors (Lipinski definition) is 1. The van der Waals surface area contributed by atoms with Crippen molar-refractivity contribution < 1.29 is 4.74 Å². The highest BCUT2D eigenvalue weighted by Gasteiger charge is 2.37. The first-order valence-electron chi connectivity index (χ1n) is 7.89. The molecule has 1 unspecified atom stereocenters. The van der Waals surface area contributed by atoms with Gasteiger partial charge < -0.3 is 10.1 Å². The van der Waals surface area contributed by atoms with Gasteiger partial charge >= 0.3 is 0 Å². The molecule has 110 valence electrons. The molecule has 3 nitrogen and oxygen atoms in total. The van der Waals surface area contributed by atoms with Gasteiger partial charge in [0.25, 0.3) is 0 Å². The minimum atomic E-state index is 0.317. The summed E-state index contributed by atoms with van der Waals surface area (Å²) in [5.41, 5.74) is 3.32. The average molecular weight is 274 g/mol. The largest absolute Gasteiger partial charge is 0.381 e. The quantitative estimate of drug-likeness (QED) is 0.806. The highest BCUT2D eigenvalue weighted by Crippen LogP contribution is 2.32. The van der Waals surface area contributed by atoms with E-state index in [1.54, 1.807) is 0 Å². The van der Waals surface area contributed by atoms with Crippen LogP contribution in [0.2, 0.25) is 0 Å². The van der Waals surface area contributed by atoms with Gasteiger partial charge in [0.2, 0.25) is 0 Å². The van der Waals surface area contributed by atoms with Gasteiger partial charge in [0.15, 0.2) is 0 Å². The second-order valence-corrected chi connectivity index (χ2v) is 6.39. The second-order valence-electron chi connectivity index (χ2n) is 6.39. The topological polar surface area (TPSA) is 24.5 Å². The third-order valence-corrected chi connectivity index (χ3v) is 4.58. The van der Waals surface area contributed by atoms with Crippen LogP contribution in [-0.4, -0.2) is 37.7 Å². The molecule has 3 rings (SSSR count). The van der Waals surface area contributed by atoms with E-state index < -0.39 is 0 Å². The Labute approximate surface area is 122 Å². The molecule has 1 atom stereocenters. The number of nitrogens with one attached hydrogen (secondary N) is 1. The van der Waals surface area contributed by atoms with Crippen molar-refractivity contribution in [2.24, 2.45) is 5.41 Å². The fraction of sp³-hybridized carbons (Fsp3) is 0.647. The molecule has 1 saturated heterocycles. The summed E-state index contributed by atoms with van der Waals surface area (Å²) in [5, 5.41) is 3.61. The molecular formula is C17H26N2O. The Balaban J connectivity index is 1.61. The van der Waals surface area contributed by atoms with Crippen LogP contribution in [0.1, 0.15) is 30.9 Å². The van der Waals surface area contributed by atoms with Crippen LogP contribution in [0.15, 0.2) is 24.3 Å². The van der Waals surface area contributed by atoms with Crippen LogP contribution in [0, 0.1) is 5.41 Å². The van der Waals surface area contributed by atoms with Gasteiger partial charge in [0, 0.05) is 38.2 Å². The zero-order chi connectivity index (χ0) is 13.8. The number of nitrogens with zero attached hydrogens (tertiary/aromatic N) is 1. The smallest absolute Gasteiger partial charge is 0.0547 e. The summed E-state index contributed by atoms with van der Waals surface area (Å²) in [7, 11) is 0. The number of ether oxygens (including phenoxy) is 1. The number of hydrogen-bond acceptors (Lipinski definition) is 3. The summed E-state index contributed by atoms with van der Waals surface area (Å²) in [4.78, 5) is 2.59. The minimum Gasteiger partial charge on any atom is -0.381 e. The van der Waals surface area contributed by atoms with Gasteiger partial charge in [-0.15, -0.1) is 0 Å². The zero-order valence-electron chi connectivity index (χ0n) is 12.5. The van der Waals surface area contributed by atoms with Gasteiger partial charge in [0.05, 0.1) is 6.61 Å². The van der Waals surface area contributed by atoms with E-state index in [1.165, 1.54) is 24.0 Å². The Kier molecular flexibility index (Phi) is 4.39. The lowest BCUT2D eigenvalue weighted by Crippen LogP contribution is -2.43. The highest BCUT2D eigenvalue weighted by molar-refractivity contribution is 5.30. The molecule has 1 aromatic carbocycles. The molecule has 2 aliphatic heterocycles. The first kappa shape index (κ1) is 14.1. The van der Waals surface area contributed by atoms with Gasteiger partial charge in [-0.2, -0.15) is 0 Å². The fourth-order valence-corrected chi connectivity index (χ4v) is 3.49. The molecule has 0 aromatic heterocycles. The molecule has 2 heterocycles. The van der Waals surface area contributed by atoms with Crippen LogP contribution < -0.4 is 5.32 Å². The van der Waals surface area contributed by atoms with Crippen molar-refractivity contribution in [3.63, 3.8) is 0 Å².